The summed E-state index contributed by atoms with van der Waals surface area (Å²) in [5.74, 6) is 1.93. The molecule has 0 unspecified atom stereocenters. The van der Waals surface area contributed by atoms with E-state index < -0.39 is 5.41 Å². The second-order valence-electron chi connectivity index (χ2n) is 9.48. The molecule has 2 aliphatic rings. The van der Waals surface area contributed by atoms with Crippen molar-refractivity contribution < 1.29 is 20.5 Å². The van der Waals surface area contributed by atoms with Crippen molar-refractivity contribution in [2.75, 3.05) is 13.8 Å². The molecular weight excluding hydrogens is 426 g/mol. The first kappa shape index (κ1) is 22.2. The fraction of sp³-hybridized carbons (Fsp3) is 0.310. The van der Waals surface area contributed by atoms with Crippen LogP contribution in [0.4, 0.5) is 0 Å². The summed E-state index contributed by atoms with van der Waals surface area (Å²) in [4.78, 5) is 25.4. The Morgan fingerprint density at radius 3 is 2.38 bits per heavy atom. The molecule has 1 amide bonds. The van der Waals surface area contributed by atoms with E-state index >= 15 is 0 Å². The first-order valence-corrected chi connectivity index (χ1v) is 11.8. The summed E-state index contributed by atoms with van der Waals surface area (Å²) in [6.45, 7) is 4.57. The van der Waals surface area contributed by atoms with Crippen molar-refractivity contribution in [3.8, 4) is 22.6 Å². The van der Waals surface area contributed by atoms with Crippen molar-refractivity contribution in [3.05, 3.63) is 82.9 Å². The number of Topliss-reactive ketones (excluding diaryl/α,β-unsaturated/α-hetero) is 1. The number of hydrogen-bond acceptors (Lipinski definition) is 4. The van der Waals surface area contributed by atoms with E-state index in [1.807, 2.05) is 42.5 Å². The number of rotatable bonds is 7. The molecule has 5 rings (SSSR count). The summed E-state index contributed by atoms with van der Waals surface area (Å²) in [5.41, 5.74) is 5.60. The van der Waals surface area contributed by atoms with E-state index in [0.29, 0.717) is 17.9 Å². The van der Waals surface area contributed by atoms with Crippen LogP contribution in [0.3, 0.4) is 0 Å². The standard InChI is InChI=1S/C29H29NO4.H2/c1-18(2)23-10-4-19(14-24(23)20-5-7-21(8-6-20)28(32)30-3)15-27(31)29(12-13-29)22-9-11-25-26(16-22)34-17-33-25;/h4-11,14,16,18H,12-13,15,17H2,1-3H3,(H,30,32);1H. The molecule has 0 aromatic heterocycles. The lowest BCUT2D eigenvalue weighted by Gasteiger charge is -2.18. The van der Waals surface area contributed by atoms with Crippen molar-refractivity contribution in [3.63, 3.8) is 0 Å². The minimum absolute atomic E-state index is 0. The fourth-order valence-corrected chi connectivity index (χ4v) is 4.81. The number of hydrogen-bond donors (Lipinski definition) is 1. The Labute approximate surface area is 201 Å². The monoisotopic (exact) mass is 457 g/mol. The van der Waals surface area contributed by atoms with E-state index in [0.717, 1.165) is 46.6 Å². The lowest BCUT2D eigenvalue weighted by molar-refractivity contribution is -0.120. The predicted molar refractivity (Wildman–Crippen MR) is 134 cm³/mol. The predicted octanol–water partition coefficient (Wildman–Crippen LogP) is 5.65. The van der Waals surface area contributed by atoms with E-state index in [9.17, 15) is 9.59 Å². The van der Waals surface area contributed by atoms with Crippen LogP contribution in [-0.4, -0.2) is 25.5 Å². The molecule has 1 N–H and O–H groups in total. The van der Waals surface area contributed by atoms with Crippen LogP contribution >= 0.6 is 0 Å². The van der Waals surface area contributed by atoms with Crippen molar-refractivity contribution in [2.24, 2.45) is 0 Å². The Bertz CT molecular complexity index is 1260. The highest BCUT2D eigenvalue weighted by Gasteiger charge is 2.50. The third-order valence-electron chi connectivity index (χ3n) is 7.00. The smallest absolute Gasteiger partial charge is 0.251 e. The van der Waals surface area contributed by atoms with Crippen LogP contribution in [0.25, 0.3) is 11.1 Å². The average molecular weight is 458 g/mol. The van der Waals surface area contributed by atoms with Crippen molar-refractivity contribution >= 4 is 11.7 Å². The van der Waals surface area contributed by atoms with E-state index in [1.54, 1.807) is 7.05 Å². The zero-order valence-corrected chi connectivity index (χ0v) is 19.8. The Morgan fingerprint density at radius 1 is 0.971 bits per heavy atom. The molecule has 1 saturated carbocycles. The lowest BCUT2D eigenvalue weighted by atomic mass is 9.85. The van der Waals surface area contributed by atoms with Gasteiger partial charge in [-0.3, -0.25) is 9.59 Å². The number of fused-ring (bicyclic) bond motifs is 1. The van der Waals surface area contributed by atoms with Crippen LogP contribution < -0.4 is 14.8 Å². The van der Waals surface area contributed by atoms with Crippen LogP contribution in [0.15, 0.2) is 60.7 Å². The third kappa shape index (κ3) is 3.96. The van der Waals surface area contributed by atoms with Gasteiger partial charge in [-0.25, -0.2) is 0 Å². The van der Waals surface area contributed by atoms with Gasteiger partial charge >= 0.3 is 0 Å². The van der Waals surface area contributed by atoms with E-state index in [4.69, 9.17) is 9.47 Å². The molecule has 1 aliphatic heterocycles. The molecule has 0 radical (unpaired) electrons. The van der Waals surface area contributed by atoms with Crippen LogP contribution in [0.5, 0.6) is 11.5 Å². The van der Waals surface area contributed by atoms with Gasteiger partial charge in [0.15, 0.2) is 11.5 Å². The normalized spacial score (nSPS) is 15.3. The second-order valence-corrected chi connectivity index (χ2v) is 9.48. The SMILES string of the molecule is CNC(=O)c1ccc(-c2cc(CC(=O)C3(c4ccc5c(c4)OCO5)CC3)ccc2C(C)C)cc1.[HH]. The van der Waals surface area contributed by atoms with Gasteiger partial charge in [0.1, 0.15) is 5.78 Å². The van der Waals surface area contributed by atoms with E-state index in [1.165, 1.54) is 5.56 Å². The fourth-order valence-electron chi connectivity index (χ4n) is 4.81. The van der Waals surface area contributed by atoms with Gasteiger partial charge in [0.05, 0.1) is 5.41 Å². The Kier molecular flexibility index (Phi) is 5.64. The molecule has 176 valence electrons. The Morgan fingerprint density at radius 2 is 1.71 bits per heavy atom. The number of amides is 1. The maximum absolute atomic E-state index is 13.5. The Hall–Kier alpha value is -3.60. The Balaban J connectivity index is 0.00000289. The molecule has 34 heavy (non-hydrogen) atoms. The summed E-state index contributed by atoms with van der Waals surface area (Å²) >= 11 is 0. The van der Waals surface area contributed by atoms with Gasteiger partial charge in [0, 0.05) is 20.5 Å². The highest BCUT2D eigenvalue weighted by atomic mass is 16.7. The van der Waals surface area contributed by atoms with Gasteiger partial charge in [-0.05, 0) is 70.8 Å². The molecule has 0 spiro atoms. The molecule has 1 aliphatic carbocycles. The van der Waals surface area contributed by atoms with Gasteiger partial charge in [-0.15, -0.1) is 0 Å². The highest BCUT2D eigenvalue weighted by Crippen LogP contribution is 2.51. The second kappa shape index (κ2) is 8.64. The molecule has 1 heterocycles. The summed E-state index contributed by atoms with van der Waals surface area (Å²) < 4.78 is 11.0. The average Bonchev–Trinajstić information content (AvgIpc) is 3.54. The first-order chi connectivity index (χ1) is 16.4. The molecule has 3 aromatic carbocycles. The number of carbonyl (C=O) groups excluding carboxylic acids is 2. The molecule has 5 nitrogen and oxygen atoms in total. The quantitative estimate of drug-likeness (QED) is 0.498. The van der Waals surface area contributed by atoms with Gasteiger partial charge in [0.25, 0.3) is 5.91 Å². The minimum Gasteiger partial charge on any atom is -0.454 e. The summed E-state index contributed by atoms with van der Waals surface area (Å²) in [6.07, 6.45) is 2.11. The maximum atomic E-state index is 13.5. The molecule has 5 heteroatoms. The topological polar surface area (TPSA) is 64.6 Å². The van der Waals surface area contributed by atoms with Crippen molar-refractivity contribution in [2.45, 2.75) is 44.4 Å². The number of nitrogens with one attached hydrogen (secondary N) is 1. The minimum atomic E-state index is -0.424. The number of ether oxygens (including phenoxy) is 2. The molecule has 1 fully saturated rings. The number of ketones is 1. The molecular formula is C29H31NO4. The van der Waals surface area contributed by atoms with Crippen LogP contribution in [-0.2, 0) is 16.6 Å². The summed E-state index contributed by atoms with van der Waals surface area (Å²) in [5, 5.41) is 2.66. The molecule has 0 bridgehead atoms. The van der Waals surface area contributed by atoms with Crippen molar-refractivity contribution in [1.29, 1.82) is 0 Å². The lowest BCUT2D eigenvalue weighted by Crippen LogP contribution is -2.22. The third-order valence-corrected chi connectivity index (χ3v) is 7.00. The summed E-state index contributed by atoms with van der Waals surface area (Å²) in [6, 6.07) is 19.9. The summed E-state index contributed by atoms with van der Waals surface area (Å²) in [7, 11) is 1.63. The van der Waals surface area contributed by atoms with Crippen LogP contribution in [0, 0.1) is 0 Å². The van der Waals surface area contributed by atoms with Gasteiger partial charge in [-0.1, -0.05) is 50.2 Å². The first-order valence-electron chi connectivity index (χ1n) is 11.8. The van der Waals surface area contributed by atoms with Crippen molar-refractivity contribution in [1.82, 2.24) is 5.32 Å². The zero-order chi connectivity index (χ0) is 23.9. The van der Waals surface area contributed by atoms with Gasteiger partial charge in [0.2, 0.25) is 6.79 Å². The largest absolute Gasteiger partial charge is 0.454 e. The molecule has 0 saturated heterocycles. The maximum Gasteiger partial charge on any atom is 0.251 e. The van der Waals surface area contributed by atoms with Gasteiger partial charge in [-0.2, -0.15) is 0 Å². The number of benzene rings is 3. The van der Waals surface area contributed by atoms with E-state index in [2.05, 4.69) is 37.4 Å². The molecule has 0 atom stereocenters. The zero-order valence-electron chi connectivity index (χ0n) is 19.8. The van der Waals surface area contributed by atoms with Crippen LogP contribution in [0.1, 0.15) is 61.1 Å². The highest BCUT2D eigenvalue weighted by molar-refractivity contribution is 5.95. The number of carbonyl (C=O) groups is 2. The van der Waals surface area contributed by atoms with Crippen LogP contribution in [0.2, 0.25) is 0 Å². The van der Waals surface area contributed by atoms with E-state index in [-0.39, 0.29) is 19.9 Å². The van der Waals surface area contributed by atoms with Gasteiger partial charge < -0.3 is 14.8 Å². The molecule has 3 aromatic rings.